The maximum absolute atomic E-state index is 12.1. The van der Waals surface area contributed by atoms with Gasteiger partial charge in [0.25, 0.3) is 5.91 Å². The minimum Gasteiger partial charge on any atom is -0.493 e. The van der Waals surface area contributed by atoms with Crippen LogP contribution in [0.3, 0.4) is 0 Å². The number of carbonyl (C=O) groups excluding carboxylic acids is 1. The van der Waals surface area contributed by atoms with E-state index in [1.54, 1.807) is 14.2 Å². The molecular weight excluding hydrogens is 428 g/mol. The normalized spacial score (nSPS) is 10.7. The van der Waals surface area contributed by atoms with E-state index in [-0.39, 0.29) is 12.5 Å². The number of rotatable bonds is 18. The van der Waals surface area contributed by atoms with Gasteiger partial charge in [-0.1, -0.05) is 43.9 Å². The highest BCUT2D eigenvalue weighted by Crippen LogP contribution is 2.28. The Kier molecular flexibility index (Phi) is 13.6. The Morgan fingerprint density at radius 3 is 2.15 bits per heavy atom. The largest absolute Gasteiger partial charge is 0.493 e. The van der Waals surface area contributed by atoms with Crippen LogP contribution in [0.15, 0.2) is 42.5 Å². The number of amides is 1. The number of hydrogen-bond acceptors (Lipinski definition) is 5. The summed E-state index contributed by atoms with van der Waals surface area (Å²) >= 11 is 0. The highest BCUT2D eigenvalue weighted by molar-refractivity contribution is 5.77. The molecule has 0 bridgehead atoms. The lowest BCUT2D eigenvalue weighted by molar-refractivity contribution is -0.123. The van der Waals surface area contributed by atoms with Gasteiger partial charge in [0.05, 0.1) is 14.2 Å². The zero-order valence-electron chi connectivity index (χ0n) is 21.2. The van der Waals surface area contributed by atoms with Gasteiger partial charge >= 0.3 is 0 Å². The van der Waals surface area contributed by atoms with Crippen molar-refractivity contribution in [3.05, 3.63) is 53.6 Å². The van der Waals surface area contributed by atoms with Crippen molar-refractivity contribution in [2.45, 2.75) is 57.8 Å². The van der Waals surface area contributed by atoms with E-state index in [9.17, 15) is 4.79 Å². The predicted octanol–water partition coefficient (Wildman–Crippen LogP) is 4.93. The van der Waals surface area contributed by atoms with Crippen LogP contribution in [0.25, 0.3) is 0 Å². The van der Waals surface area contributed by atoms with E-state index in [0.717, 1.165) is 62.4 Å². The van der Waals surface area contributed by atoms with Crippen LogP contribution >= 0.6 is 0 Å². The van der Waals surface area contributed by atoms with E-state index in [1.807, 2.05) is 37.4 Å². The minimum absolute atomic E-state index is 0.0547. The van der Waals surface area contributed by atoms with Crippen molar-refractivity contribution in [2.24, 2.45) is 0 Å². The summed E-state index contributed by atoms with van der Waals surface area (Å²) in [6.45, 7) is 1.87. The number of unbranched alkanes of at least 4 members (excludes halogenated alkanes) is 5. The maximum atomic E-state index is 12.1. The summed E-state index contributed by atoms with van der Waals surface area (Å²) in [5.41, 5.74) is 2.42. The number of hydrogen-bond donors (Lipinski definition) is 2. The summed E-state index contributed by atoms with van der Waals surface area (Å²) in [5, 5.41) is 6.13. The SMILES string of the molecule is CNCCCCCCCCNC(=O)COc1cccc(CCCc2ccc(OC)c(OC)c2)c1. The lowest BCUT2D eigenvalue weighted by Gasteiger charge is -2.10. The molecule has 0 saturated heterocycles. The lowest BCUT2D eigenvalue weighted by atomic mass is 10.0. The van der Waals surface area contributed by atoms with Gasteiger partial charge in [0.2, 0.25) is 0 Å². The van der Waals surface area contributed by atoms with Crippen molar-refractivity contribution in [1.29, 1.82) is 0 Å². The van der Waals surface area contributed by atoms with Crippen molar-refractivity contribution >= 4 is 5.91 Å². The smallest absolute Gasteiger partial charge is 0.257 e. The van der Waals surface area contributed by atoms with Crippen molar-refractivity contribution in [3.63, 3.8) is 0 Å². The number of methoxy groups -OCH3 is 2. The Morgan fingerprint density at radius 1 is 0.765 bits per heavy atom. The highest BCUT2D eigenvalue weighted by Gasteiger charge is 2.06. The van der Waals surface area contributed by atoms with E-state index in [4.69, 9.17) is 14.2 Å². The van der Waals surface area contributed by atoms with E-state index in [0.29, 0.717) is 0 Å². The first-order chi connectivity index (χ1) is 16.7. The van der Waals surface area contributed by atoms with Gasteiger partial charge in [0, 0.05) is 6.54 Å². The van der Waals surface area contributed by atoms with E-state index in [1.165, 1.54) is 36.8 Å². The van der Waals surface area contributed by atoms with Crippen LogP contribution in [0.4, 0.5) is 0 Å². The molecule has 0 unspecified atom stereocenters. The van der Waals surface area contributed by atoms with Crippen LogP contribution in [-0.2, 0) is 17.6 Å². The molecule has 0 aliphatic heterocycles. The Labute approximate surface area is 205 Å². The second kappa shape index (κ2) is 16.8. The van der Waals surface area contributed by atoms with Gasteiger partial charge in [-0.2, -0.15) is 0 Å². The monoisotopic (exact) mass is 470 g/mol. The molecule has 0 aliphatic carbocycles. The van der Waals surface area contributed by atoms with Gasteiger partial charge in [-0.15, -0.1) is 0 Å². The Balaban J connectivity index is 1.62. The first-order valence-electron chi connectivity index (χ1n) is 12.5. The number of benzene rings is 2. The summed E-state index contributed by atoms with van der Waals surface area (Å²) in [6.07, 6.45) is 10.1. The standard InChI is InChI=1S/C28H42N2O4/c1-29-18-8-6-4-5-7-9-19-30-28(31)22-34-25-15-11-14-23(20-25)12-10-13-24-16-17-26(32-2)27(21-24)33-3/h11,14-17,20-21,29H,4-10,12-13,18-19,22H2,1-3H3,(H,30,31). The van der Waals surface area contributed by atoms with Crippen LogP contribution < -0.4 is 24.8 Å². The quantitative estimate of drug-likeness (QED) is 0.302. The molecule has 2 rings (SSSR count). The third-order valence-corrected chi connectivity index (χ3v) is 5.82. The molecule has 0 aliphatic rings. The molecule has 34 heavy (non-hydrogen) atoms. The summed E-state index contributed by atoms with van der Waals surface area (Å²) in [7, 11) is 5.29. The zero-order valence-corrected chi connectivity index (χ0v) is 21.2. The molecule has 0 fully saturated rings. The molecule has 0 saturated carbocycles. The summed E-state index contributed by atoms with van der Waals surface area (Å²) in [6, 6.07) is 14.1. The molecule has 0 heterocycles. The Bertz CT molecular complexity index is 841. The second-order valence-electron chi connectivity index (χ2n) is 8.55. The lowest BCUT2D eigenvalue weighted by Crippen LogP contribution is -2.29. The molecule has 188 valence electrons. The van der Waals surface area contributed by atoms with Crippen molar-refractivity contribution in [2.75, 3.05) is 41.0 Å². The molecule has 0 atom stereocenters. The van der Waals surface area contributed by atoms with E-state index in [2.05, 4.69) is 22.8 Å². The van der Waals surface area contributed by atoms with Gasteiger partial charge in [-0.05, 0) is 81.1 Å². The molecule has 0 aromatic heterocycles. The minimum atomic E-state index is -0.0622. The molecule has 2 aromatic carbocycles. The fourth-order valence-corrected chi connectivity index (χ4v) is 3.89. The average Bonchev–Trinajstić information content (AvgIpc) is 2.86. The highest BCUT2D eigenvalue weighted by atomic mass is 16.5. The van der Waals surface area contributed by atoms with Crippen molar-refractivity contribution in [3.8, 4) is 17.2 Å². The van der Waals surface area contributed by atoms with Gasteiger partial charge in [-0.3, -0.25) is 4.79 Å². The third-order valence-electron chi connectivity index (χ3n) is 5.82. The van der Waals surface area contributed by atoms with Gasteiger partial charge in [0.15, 0.2) is 18.1 Å². The Morgan fingerprint density at radius 2 is 1.44 bits per heavy atom. The Hall–Kier alpha value is -2.73. The summed E-state index contributed by atoms with van der Waals surface area (Å²) in [4.78, 5) is 12.1. The number of ether oxygens (including phenoxy) is 3. The fraction of sp³-hybridized carbons (Fsp3) is 0.536. The number of carbonyl (C=O) groups is 1. The number of nitrogens with one attached hydrogen (secondary N) is 2. The molecule has 2 aromatic rings. The van der Waals surface area contributed by atoms with Crippen LogP contribution in [0, 0.1) is 0 Å². The van der Waals surface area contributed by atoms with Gasteiger partial charge in [-0.25, -0.2) is 0 Å². The molecule has 1 amide bonds. The van der Waals surface area contributed by atoms with Gasteiger partial charge in [0.1, 0.15) is 5.75 Å². The van der Waals surface area contributed by atoms with E-state index >= 15 is 0 Å². The van der Waals surface area contributed by atoms with Crippen molar-refractivity contribution in [1.82, 2.24) is 10.6 Å². The van der Waals surface area contributed by atoms with Crippen LogP contribution in [0.5, 0.6) is 17.2 Å². The molecule has 6 heteroatoms. The summed E-state index contributed by atoms with van der Waals surface area (Å²) in [5.74, 6) is 2.18. The van der Waals surface area contributed by atoms with E-state index < -0.39 is 0 Å². The van der Waals surface area contributed by atoms with Crippen LogP contribution in [0.1, 0.15) is 56.1 Å². The second-order valence-corrected chi connectivity index (χ2v) is 8.55. The first-order valence-corrected chi connectivity index (χ1v) is 12.5. The molecular formula is C28H42N2O4. The molecule has 0 spiro atoms. The van der Waals surface area contributed by atoms with Crippen LogP contribution in [0.2, 0.25) is 0 Å². The van der Waals surface area contributed by atoms with Crippen LogP contribution in [-0.4, -0.2) is 46.9 Å². The third kappa shape index (κ3) is 10.9. The molecule has 2 N–H and O–H groups in total. The maximum Gasteiger partial charge on any atom is 0.257 e. The first kappa shape index (κ1) is 27.5. The fourth-order valence-electron chi connectivity index (χ4n) is 3.89. The summed E-state index contributed by atoms with van der Waals surface area (Å²) < 4.78 is 16.4. The number of aryl methyl sites for hydroxylation is 2. The van der Waals surface area contributed by atoms with Gasteiger partial charge < -0.3 is 24.8 Å². The zero-order chi connectivity index (χ0) is 24.4. The average molecular weight is 471 g/mol. The topological polar surface area (TPSA) is 68.8 Å². The predicted molar refractivity (Wildman–Crippen MR) is 138 cm³/mol. The molecule has 0 radical (unpaired) electrons. The van der Waals surface area contributed by atoms with Crippen molar-refractivity contribution < 1.29 is 19.0 Å². The molecule has 6 nitrogen and oxygen atoms in total.